The van der Waals surface area contributed by atoms with Gasteiger partial charge in [-0.25, -0.2) is 4.98 Å². The number of pyridine rings is 1. The number of para-hydroxylation sites is 1. The molecule has 0 saturated heterocycles. The van der Waals surface area contributed by atoms with E-state index >= 15 is 0 Å². The van der Waals surface area contributed by atoms with Crippen LogP contribution in [0.2, 0.25) is 0 Å². The van der Waals surface area contributed by atoms with Crippen molar-refractivity contribution in [3.8, 4) is 5.75 Å². The monoisotopic (exact) mass is 232 g/mol. The number of ether oxygens (including phenoxy) is 1. The average molecular weight is 232 g/mol. The maximum atomic E-state index is 5.59. The summed E-state index contributed by atoms with van der Waals surface area (Å²) in [5.41, 5.74) is 8.11. The van der Waals surface area contributed by atoms with Gasteiger partial charge in [0.2, 0.25) is 0 Å². The molecule has 0 bridgehead atoms. The fraction of sp³-hybridized carbons (Fsp3) is 0.167. The van der Waals surface area contributed by atoms with E-state index in [0.29, 0.717) is 10.7 Å². The van der Waals surface area contributed by atoms with Gasteiger partial charge in [0.05, 0.1) is 12.8 Å². The van der Waals surface area contributed by atoms with E-state index in [1.54, 1.807) is 7.11 Å². The number of methoxy groups -OCH3 is 1. The van der Waals surface area contributed by atoms with E-state index in [9.17, 15) is 0 Å². The van der Waals surface area contributed by atoms with Crippen molar-refractivity contribution < 1.29 is 4.74 Å². The highest BCUT2D eigenvalue weighted by atomic mass is 32.1. The SMILES string of the molecule is COc1cccc2c(C)cc(C(N)=S)nc12. The standard InChI is InChI=1S/C12H12N2OS/c1-7-6-9(12(13)16)14-11-8(7)4-3-5-10(11)15-2/h3-6H,1-2H3,(H2,13,16). The van der Waals surface area contributed by atoms with E-state index in [-0.39, 0.29) is 0 Å². The fourth-order valence-electron chi connectivity index (χ4n) is 1.68. The van der Waals surface area contributed by atoms with Crippen molar-refractivity contribution in [3.05, 3.63) is 35.5 Å². The first kappa shape index (κ1) is 10.8. The molecule has 0 spiro atoms. The van der Waals surface area contributed by atoms with Crippen LogP contribution in [-0.2, 0) is 0 Å². The van der Waals surface area contributed by atoms with Gasteiger partial charge < -0.3 is 10.5 Å². The van der Waals surface area contributed by atoms with Gasteiger partial charge in [0.25, 0.3) is 0 Å². The summed E-state index contributed by atoms with van der Waals surface area (Å²) in [6, 6.07) is 7.71. The summed E-state index contributed by atoms with van der Waals surface area (Å²) >= 11 is 4.94. The van der Waals surface area contributed by atoms with Gasteiger partial charge in [-0.15, -0.1) is 0 Å². The van der Waals surface area contributed by atoms with Crippen molar-refractivity contribution in [2.45, 2.75) is 6.92 Å². The first-order valence-electron chi connectivity index (χ1n) is 4.87. The van der Waals surface area contributed by atoms with Crippen LogP contribution in [0.3, 0.4) is 0 Å². The van der Waals surface area contributed by atoms with Crippen LogP contribution in [0.4, 0.5) is 0 Å². The second-order valence-electron chi connectivity index (χ2n) is 3.55. The summed E-state index contributed by atoms with van der Waals surface area (Å²) in [6.07, 6.45) is 0. The number of thiocarbonyl (C=S) groups is 1. The Morgan fingerprint density at radius 2 is 2.19 bits per heavy atom. The molecule has 0 atom stereocenters. The third-order valence-electron chi connectivity index (χ3n) is 2.48. The van der Waals surface area contributed by atoms with E-state index in [4.69, 9.17) is 22.7 Å². The average Bonchev–Trinajstić information content (AvgIpc) is 2.28. The maximum Gasteiger partial charge on any atom is 0.145 e. The Morgan fingerprint density at radius 3 is 2.81 bits per heavy atom. The Bertz CT molecular complexity index is 566. The molecule has 0 saturated carbocycles. The lowest BCUT2D eigenvalue weighted by Gasteiger charge is -2.08. The lowest BCUT2D eigenvalue weighted by molar-refractivity contribution is 0.419. The Kier molecular flexibility index (Phi) is 2.75. The molecular formula is C12H12N2OS. The molecule has 2 aromatic rings. The van der Waals surface area contributed by atoms with Gasteiger partial charge in [0.15, 0.2) is 0 Å². The first-order chi connectivity index (χ1) is 7.63. The molecule has 0 fully saturated rings. The molecule has 0 radical (unpaired) electrons. The number of hydrogen-bond acceptors (Lipinski definition) is 3. The molecule has 0 unspecified atom stereocenters. The van der Waals surface area contributed by atoms with Crippen molar-refractivity contribution in [1.82, 2.24) is 4.98 Å². The zero-order valence-corrected chi connectivity index (χ0v) is 9.97. The summed E-state index contributed by atoms with van der Waals surface area (Å²) in [4.78, 5) is 4.72. The Hall–Kier alpha value is -1.68. The van der Waals surface area contributed by atoms with Crippen LogP contribution in [0.1, 0.15) is 11.3 Å². The normalized spacial score (nSPS) is 10.4. The van der Waals surface area contributed by atoms with Gasteiger partial charge in [-0.05, 0) is 24.6 Å². The van der Waals surface area contributed by atoms with Gasteiger partial charge in [0, 0.05) is 5.39 Å². The fourth-order valence-corrected chi connectivity index (χ4v) is 1.79. The highest BCUT2D eigenvalue weighted by Crippen LogP contribution is 2.26. The second-order valence-corrected chi connectivity index (χ2v) is 3.98. The molecule has 1 aromatic carbocycles. The number of aromatic nitrogens is 1. The minimum atomic E-state index is 0.302. The lowest BCUT2D eigenvalue weighted by Crippen LogP contribution is -2.12. The van der Waals surface area contributed by atoms with Crippen LogP contribution in [0.15, 0.2) is 24.3 Å². The van der Waals surface area contributed by atoms with Gasteiger partial charge in [-0.2, -0.15) is 0 Å². The molecule has 82 valence electrons. The molecule has 1 aromatic heterocycles. The molecule has 0 aliphatic carbocycles. The van der Waals surface area contributed by atoms with E-state index < -0.39 is 0 Å². The molecule has 0 aliphatic heterocycles. The maximum absolute atomic E-state index is 5.59. The summed E-state index contributed by atoms with van der Waals surface area (Å²) < 4.78 is 5.27. The summed E-state index contributed by atoms with van der Waals surface area (Å²) in [7, 11) is 1.62. The zero-order chi connectivity index (χ0) is 11.7. The third-order valence-corrected chi connectivity index (χ3v) is 2.69. The molecule has 1 heterocycles. The van der Waals surface area contributed by atoms with Crippen molar-refractivity contribution in [1.29, 1.82) is 0 Å². The Balaban J connectivity index is 2.82. The molecule has 4 heteroatoms. The smallest absolute Gasteiger partial charge is 0.145 e. The van der Waals surface area contributed by atoms with Gasteiger partial charge >= 0.3 is 0 Å². The first-order valence-corrected chi connectivity index (χ1v) is 5.28. The van der Waals surface area contributed by atoms with Gasteiger partial charge in [-0.3, -0.25) is 0 Å². The van der Waals surface area contributed by atoms with Gasteiger partial charge in [-0.1, -0.05) is 24.4 Å². The Morgan fingerprint density at radius 1 is 1.44 bits per heavy atom. The Labute approximate surface area is 99.2 Å². The van der Waals surface area contributed by atoms with Gasteiger partial charge in [0.1, 0.15) is 16.3 Å². The predicted molar refractivity (Wildman–Crippen MR) is 68.9 cm³/mol. The van der Waals surface area contributed by atoms with Crippen LogP contribution in [0.5, 0.6) is 5.75 Å². The van der Waals surface area contributed by atoms with Crippen LogP contribution in [-0.4, -0.2) is 17.1 Å². The number of rotatable bonds is 2. The van der Waals surface area contributed by atoms with Crippen LogP contribution < -0.4 is 10.5 Å². The largest absolute Gasteiger partial charge is 0.494 e. The van der Waals surface area contributed by atoms with Crippen LogP contribution in [0.25, 0.3) is 10.9 Å². The minimum Gasteiger partial charge on any atom is -0.494 e. The minimum absolute atomic E-state index is 0.302. The quantitative estimate of drug-likeness (QED) is 0.806. The highest BCUT2D eigenvalue weighted by molar-refractivity contribution is 7.80. The predicted octanol–water partition coefficient (Wildman–Crippen LogP) is 2.19. The number of nitrogens with two attached hydrogens (primary N) is 1. The second kappa shape index (κ2) is 4.06. The molecular weight excluding hydrogens is 220 g/mol. The van der Waals surface area contributed by atoms with E-state index in [1.165, 1.54) is 0 Å². The highest BCUT2D eigenvalue weighted by Gasteiger charge is 2.08. The topological polar surface area (TPSA) is 48.1 Å². The van der Waals surface area contributed by atoms with Crippen LogP contribution >= 0.6 is 12.2 Å². The van der Waals surface area contributed by atoms with Crippen molar-refractivity contribution in [2.75, 3.05) is 7.11 Å². The van der Waals surface area contributed by atoms with E-state index in [0.717, 1.165) is 22.2 Å². The molecule has 0 aliphatic rings. The third kappa shape index (κ3) is 1.72. The number of aryl methyl sites for hydroxylation is 1. The zero-order valence-electron chi connectivity index (χ0n) is 9.15. The number of benzene rings is 1. The number of hydrogen-bond donors (Lipinski definition) is 1. The molecule has 2 rings (SSSR count). The lowest BCUT2D eigenvalue weighted by atomic mass is 10.1. The number of fused-ring (bicyclic) bond motifs is 1. The summed E-state index contributed by atoms with van der Waals surface area (Å²) in [5.74, 6) is 0.735. The van der Waals surface area contributed by atoms with E-state index in [1.807, 2.05) is 31.2 Å². The summed E-state index contributed by atoms with van der Waals surface area (Å²) in [6.45, 7) is 2.01. The summed E-state index contributed by atoms with van der Waals surface area (Å²) in [5, 5.41) is 1.05. The molecule has 16 heavy (non-hydrogen) atoms. The van der Waals surface area contributed by atoms with Crippen molar-refractivity contribution >= 4 is 28.1 Å². The molecule has 3 nitrogen and oxygen atoms in total. The van der Waals surface area contributed by atoms with Crippen molar-refractivity contribution in [2.24, 2.45) is 5.73 Å². The molecule has 0 amide bonds. The molecule has 2 N–H and O–H groups in total. The number of nitrogens with zero attached hydrogens (tertiary/aromatic N) is 1. The van der Waals surface area contributed by atoms with E-state index in [2.05, 4.69) is 4.98 Å². The van der Waals surface area contributed by atoms with Crippen molar-refractivity contribution in [3.63, 3.8) is 0 Å². The van der Waals surface area contributed by atoms with Crippen LogP contribution in [0, 0.1) is 6.92 Å².